The maximum Gasteiger partial charge on any atom is 0.407 e. The standard InChI is InChI=1S/C36H62N2O7/c1-21(18-24(43-9)29(32(5,6)42)44-22(2)39)23-19-27(40)34(8)26-11-10-25-31(3,4)28(45-30(41)38-17-16-37)12-13-35(25)20-36(26,35)15-14-33(23,34)7/h21,23-29,40,42H,10-20,37H2,1-9H3,(H,38,41)/t21-,23-,24?,25+,26?,27+,28?,29?,33?,34-,35?,36?/m1/s1. The minimum Gasteiger partial charge on any atom is -0.457 e. The van der Waals surface area contributed by atoms with Gasteiger partial charge in [-0.25, -0.2) is 4.79 Å². The van der Waals surface area contributed by atoms with Crippen molar-refractivity contribution in [1.29, 1.82) is 0 Å². The molecule has 5 aliphatic carbocycles. The Bertz CT molecular complexity index is 1140. The summed E-state index contributed by atoms with van der Waals surface area (Å²) in [4.78, 5) is 24.5. The van der Waals surface area contributed by atoms with Crippen LogP contribution in [0, 0.1) is 50.7 Å². The van der Waals surface area contributed by atoms with E-state index in [1.54, 1.807) is 21.0 Å². The van der Waals surface area contributed by atoms with Crippen molar-refractivity contribution >= 4 is 12.1 Å². The lowest BCUT2D eigenvalue weighted by Crippen LogP contribution is -2.60. The molecule has 9 nitrogen and oxygen atoms in total. The van der Waals surface area contributed by atoms with E-state index in [2.05, 4.69) is 39.9 Å². The van der Waals surface area contributed by atoms with Gasteiger partial charge in [-0.3, -0.25) is 4.79 Å². The van der Waals surface area contributed by atoms with Crippen molar-refractivity contribution in [1.82, 2.24) is 5.32 Å². The highest BCUT2D eigenvalue weighted by Gasteiger charge is 2.83. The quantitative estimate of drug-likeness (QED) is 0.241. The molecule has 2 spiro atoms. The van der Waals surface area contributed by atoms with E-state index in [1.165, 1.54) is 19.8 Å². The Morgan fingerprint density at radius 2 is 1.69 bits per heavy atom. The van der Waals surface area contributed by atoms with Crippen LogP contribution in [-0.4, -0.2) is 72.5 Å². The van der Waals surface area contributed by atoms with Gasteiger partial charge in [0.2, 0.25) is 0 Å². The predicted molar refractivity (Wildman–Crippen MR) is 172 cm³/mol. The van der Waals surface area contributed by atoms with Crippen LogP contribution in [0.15, 0.2) is 0 Å². The monoisotopic (exact) mass is 634 g/mol. The van der Waals surface area contributed by atoms with Crippen molar-refractivity contribution in [3.63, 3.8) is 0 Å². The van der Waals surface area contributed by atoms with Gasteiger partial charge in [0.15, 0.2) is 6.10 Å². The van der Waals surface area contributed by atoms with Gasteiger partial charge in [0.1, 0.15) is 6.10 Å². The van der Waals surface area contributed by atoms with Gasteiger partial charge in [0, 0.05) is 38.0 Å². The molecule has 5 saturated carbocycles. The summed E-state index contributed by atoms with van der Waals surface area (Å²) in [5.41, 5.74) is 4.46. The Balaban J connectivity index is 1.36. The fourth-order valence-corrected chi connectivity index (χ4v) is 12.5. The Labute approximate surface area is 271 Å². The number of ether oxygens (including phenoxy) is 3. The summed E-state index contributed by atoms with van der Waals surface area (Å²) < 4.78 is 17.5. The van der Waals surface area contributed by atoms with E-state index in [-0.39, 0.29) is 57.2 Å². The molecule has 5 aliphatic rings. The van der Waals surface area contributed by atoms with Gasteiger partial charge in [0.25, 0.3) is 0 Å². The zero-order valence-electron chi connectivity index (χ0n) is 29.4. The normalized spacial score (nSPS) is 43.4. The first-order valence-electron chi connectivity index (χ1n) is 17.6. The molecule has 0 aromatic carbocycles. The highest BCUT2D eigenvalue weighted by Crippen LogP contribution is 2.89. The zero-order chi connectivity index (χ0) is 33.4. The van der Waals surface area contributed by atoms with Gasteiger partial charge in [-0.2, -0.15) is 0 Å². The van der Waals surface area contributed by atoms with Crippen LogP contribution in [0.25, 0.3) is 0 Å². The first-order chi connectivity index (χ1) is 20.9. The summed E-state index contributed by atoms with van der Waals surface area (Å²) in [6.07, 6.45) is 6.96. The first kappa shape index (κ1) is 34.9. The van der Waals surface area contributed by atoms with E-state index in [9.17, 15) is 19.8 Å². The molecule has 0 aromatic heterocycles. The molecule has 9 heteroatoms. The average molecular weight is 635 g/mol. The van der Waals surface area contributed by atoms with Gasteiger partial charge >= 0.3 is 12.1 Å². The van der Waals surface area contributed by atoms with Crippen LogP contribution in [-0.2, 0) is 19.0 Å². The van der Waals surface area contributed by atoms with Gasteiger partial charge in [0.05, 0.1) is 17.8 Å². The highest BCUT2D eigenvalue weighted by atomic mass is 16.6. The number of esters is 1. The molecule has 0 radical (unpaired) electrons. The van der Waals surface area contributed by atoms with E-state index in [0.717, 1.165) is 38.5 Å². The van der Waals surface area contributed by atoms with Crippen LogP contribution in [0.2, 0.25) is 0 Å². The molecule has 5 N–H and O–H groups in total. The van der Waals surface area contributed by atoms with Gasteiger partial charge in [-0.15, -0.1) is 0 Å². The number of fused-ring (bicyclic) bond motifs is 2. The molecule has 0 aliphatic heterocycles. The number of hydrogen-bond donors (Lipinski definition) is 4. The SMILES string of the molecule is COC(C[C@@H](C)[C@H]1C[C@H](O)[C@@]2(C)C3CC[C@H]4C(C)(C)C(OC(=O)NCCN)CCC45CC35CCC12C)C(OC(C)=O)C(C)(C)O. The van der Waals surface area contributed by atoms with E-state index in [1.807, 2.05) is 0 Å². The number of amides is 1. The second-order valence-electron chi connectivity index (χ2n) is 17.4. The zero-order valence-corrected chi connectivity index (χ0v) is 29.4. The Morgan fingerprint density at radius 1 is 1.04 bits per heavy atom. The largest absolute Gasteiger partial charge is 0.457 e. The molecule has 7 unspecified atom stereocenters. The summed E-state index contributed by atoms with van der Waals surface area (Å²) in [5, 5.41) is 25.8. The number of hydrogen-bond acceptors (Lipinski definition) is 8. The minimum atomic E-state index is -1.25. The summed E-state index contributed by atoms with van der Waals surface area (Å²) in [6, 6.07) is 0. The van der Waals surface area contributed by atoms with E-state index < -0.39 is 23.8 Å². The lowest BCUT2D eigenvalue weighted by molar-refractivity contribution is -0.186. The molecule has 0 saturated heterocycles. The van der Waals surface area contributed by atoms with E-state index >= 15 is 0 Å². The molecule has 0 heterocycles. The molecule has 12 atom stereocenters. The molecule has 45 heavy (non-hydrogen) atoms. The van der Waals surface area contributed by atoms with Gasteiger partial charge in [-0.05, 0) is 112 Å². The minimum absolute atomic E-state index is 0.0424. The third kappa shape index (κ3) is 5.16. The number of methoxy groups -OCH3 is 1. The van der Waals surface area contributed by atoms with E-state index in [0.29, 0.717) is 31.3 Å². The van der Waals surface area contributed by atoms with Crippen LogP contribution in [0.1, 0.15) is 113 Å². The summed E-state index contributed by atoms with van der Waals surface area (Å²) in [6.45, 7) is 17.2. The van der Waals surface area contributed by atoms with Gasteiger partial charge < -0.3 is 35.5 Å². The number of aliphatic hydroxyl groups excluding tert-OH is 1. The molecular weight excluding hydrogens is 572 g/mol. The third-order valence-electron chi connectivity index (χ3n) is 14.8. The van der Waals surface area contributed by atoms with Crippen LogP contribution in [0.3, 0.4) is 0 Å². The maximum atomic E-state index is 12.5. The number of rotatable bonds is 10. The van der Waals surface area contributed by atoms with Gasteiger partial charge in [-0.1, -0.05) is 34.6 Å². The fourth-order valence-electron chi connectivity index (χ4n) is 12.5. The predicted octanol–water partition coefficient (Wildman–Crippen LogP) is 5.19. The Morgan fingerprint density at radius 3 is 2.29 bits per heavy atom. The lowest BCUT2D eigenvalue weighted by Gasteiger charge is -2.63. The van der Waals surface area contributed by atoms with Crippen molar-refractivity contribution in [3.8, 4) is 0 Å². The Hall–Kier alpha value is -1.42. The number of aliphatic hydroxyl groups is 2. The smallest absolute Gasteiger partial charge is 0.407 e. The summed E-state index contributed by atoms with van der Waals surface area (Å²) in [7, 11) is 1.62. The van der Waals surface area contributed by atoms with Crippen molar-refractivity contribution in [2.45, 2.75) is 143 Å². The number of carbonyl (C=O) groups is 2. The van der Waals surface area contributed by atoms with Crippen LogP contribution < -0.4 is 11.1 Å². The fraction of sp³-hybridized carbons (Fsp3) is 0.944. The summed E-state index contributed by atoms with van der Waals surface area (Å²) in [5.74, 6) is 1.00. The van der Waals surface area contributed by atoms with E-state index in [4.69, 9.17) is 19.9 Å². The van der Waals surface area contributed by atoms with Crippen LogP contribution in [0.5, 0.6) is 0 Å². The third-order valence-corrected chi connectivity index (χ3v) is 14.8. The molecule has 1 amide bonds. The average Bonchev–Trinajstić information content (AvgIpc) is 3.57. The second kappa shape index (κ2) is 11.6. The molecule has 258 valence electrons. The molecule has 0 bridgehead atoms. The number of alkyl carbamates (subject to hydrolysis) is 1. The number of carbonyl (C=O) groups excluding carboxylic acids is 2. The molecule has 5 rings (SSSR count). The van der Waals surface area contributed by atoms with Crippen molar-refractivity contribution in [2.24, 2.45) is 56.5 Å². The molecular formula is C36H62N2O7. The van der Waals surface area contributed by atoms with Crippen LogP contribution in [0.4, 0.5) is 4.79 Å². The summed E-state index contributed by atoms with van der Waals surface area (Å²) >= 11 is 0. The number of nitrogens with two attached hydrogens (primary N) is 1. The van der Waals surface area contributed by atoms with Crippen molar-refractivity contribution in [2.75, 3.05) is 20.2 Å². The second-order valence-corrected chi connectivity index (χ2v) is 17.4. The first-order valence-corrected chi connectivity index (χ1v) is 17.6. The molecule has 0 aromatic rings. The highest BCUT2D eigenvalue weighted by molar-refractivity contribution is 5.67. The van der Waals surface area contributed by atoms with Crippen LogP contribution >= 0.6 is 0 Å². The number of nitrogens with one attached hydrogen (secondary N) is 1. The lowest BCUT2D eigenvalue weighted by atomic mass is 9.41. The van der Waals surface area contributed by atoms with Crippen molar-refractivity contribution in [3.05, 3.63) is 0 Å². The topological polar surface area (TPSA) is 140 Å². The Kier molecular flexibility index (Phi) is 9.02. The molecule has 5 fully saturated rings. The van der Waals surface area contributed by atoms with Crippen molar-refractivity contribution < 1.29 is 34.0 Å². The maximum absolute atomic E-state index is 12.5.